The number of phenols is 1. The fourth-order valence-electron chi connectivity index (χ4n) is 6.67. The maximum Gasteiger partial charge on any atom is 0.407 e. The van der Waals surface area contributed by atoms with Crippen molar-refractivity contribution in [2.24, 2.45) is 17.8 Å². The average molecular weight is 643 g/mol. The number of ether oxygens (including phenoxy) is 1. The zero-order valence-corrected chi connectivity index (χ0v) is 26.8. The van der Waals surface area contributed by atoms with Crippen LogP contribution in [-0.2, 0) is 4.74 Å². The number of alkyl carbamates (subject to hydrolysis) is 1. The van der Waals surface area contributed by atoms with E-state index in [1.54, 1.807) is 24.3 Å². The van der Waals surface area contributed by atoms with E-state index < -0.39 is 11.9 Å². The molecule has 0 aromatic heterocycles. The number of benzene rings is 3. The molecule has 0 radical (unpaired) electrons. The molecule has 0 saturated heterocycles. The predicted molar refractivity (Wildman–Crippen MR) is 179 cm³/mol. The minimum Gasteiger partial charge on any atom is -0.508 e. The summed E-state index contributed by atoms with van der Waals surface area (Å²) >= 11 is 0. The summed E-state index contributed by atoms with van der Waals surface area (Å²) in [5.41, 5.74) is 1.48. The van der Waals surface area contributed by atoms with Gasteiger partial charge in [0.1, 0.15) is 17.1 Å². The minimum atomic E-state index is -1.22. The molecule has 10 heteroatoms. The van der Waals surface area contributed by atoms with Crippen molar-refractivity contribution in [3.63, 3.8) is 0 Å². The van der Waals surface area contributed by atoms with Crippen molar-refractivity contribution in [2.75, 3.05) is 19.7 Å². The topological polar surface area (TPSA) is 155 Å². The van der Waals surface area contributed by atoms with Crippen LogP contribution in [0, 0.1) is 17.8 Å². The van der Waals surface area contributed by atoms with Crippen LogP contribution in [0.2, 0.25) is 0 Å². The highest BCUT2D eigenvalue weighted by Gasteiger charge is 2.48. The molecule has 0 bridgehead atoms. The van der Waals surface area contributed by atoms with Gasteiger partial charge in [0, 0.05) is 47.3 Å². The number of phenolic OH excluding ortho intramolecular Hbond substituents is 1. The summed E-state index contributed by atoms with van der Waals surface area (Å²) in [7, 11) is 0. The lowest BCUT2D eigenvalue weighted by Gasteiger charge is -2.17. The number of carbonyl (C=O) groups is 3. The molecule has 4 N–H and O–H groups in total. The van der Waals surface area contributed by atoms with Gasteiger partial charge in [-0.3, -0.25) is 9.59 Å². The van der Waals surface area contributed by atoms with Gasteiger partial charge in [-0.05, 0) is 79.0 Å². The second kappa shape index (κ2) is 15.2. The monoisotopic (exact) mass is 642 g/mol. The highest BCUT2D eigenvalue weighted by Crippen LogP contribution is 2.52. The molecule has 3 aliphatic rings. The summed E-state index contributed by atoms with van der Waals surface area (Å²) < 4.78 is 11.3. The number of aromatic carboxylic acids is 1. The fourth-order valence-corrected chi connectivity index (χ4v) is 6.67. The van der Waals surface area contributed by atoms with E-state index in [0.29, 0.717) is 65.9 Å². The van der Waals surface area contributed by atoms with Crippen molar-refractivity contribution in [1.82, 2.24) is 10.6 Å². The quantitative estimate of drug-likeness (QED) is 0.0794. The smallest absolute Gasteiger partial charge is 0.407 e. The largest absolute Gasteiger partial charge is 0.508 e. The van der Waals surface area contributed by atoms with Crippen LogP contribution in [-0.4, -0.2) is 47.9 Å². The van der Waals surface area contributed by atoms with E-state index in [0.717, 1.165) is 25.7 Å². The number of fused-ring (bicyclic) bond motifs is 2. The Kier molecular flexibility index (Phi) is 10.8. The van der Waals surface area contributed by atoms with E-state index in [4.69, 9.17) is 9.15 Å². The van der Waals surface area contributed by atoms with Crippen LogP contribution >= 0.6 is 0 Å². The first-order valence-electron chi connectivity index (χ1n) is 16.5. The third-order valence-electron chi connectivity index (χ3n) is 9.03. The van der Waals surface area contributed by atoms with Crippen LogP contribution in [0.1, 0.15) is 79.5 Å². The lowest BCUT2D eigenvalue weighted by Crippen LogP contribution is -2.27. The maximum absolute atomic E-state index is 13.0. The average Bonchev–Trinajstić information content (AvgIpc) is 3.71. The number of unbranched alkanes of at least 4 members (excludes halogenated alkanes) is 2. The van der Waals surface area contributed by atoms with Crippen LogP contribution in [0.5, 0.6) is 5.75 Å². The molecule has 1 heterocycles. The molecule has 1 fully saturated rings. The number of carbonyl (C=O) groups excluding carboxylic acids is 2. The first-order valence-corrected chi connectivity index (χ1v) is 16.5. The second-order valence-corrected chi connectivity index (χ2v) is 12.3. The Hall–Kier alpha value is -4.86. The zero-order valence-electron chi connectivity index (χ0n) is 26.8. The standard InChI is InChI=1S/C37H42N2O8/c1-3-8-25-26(9-4-2)31(25)21-46-37(45)39-17-7-5-6-16-38-35(42)22-10-13-27(30(18-22)36(43)44)34-28-14-11-23(40)19-32(28)47-33-20-24(41)12-15-29(33)34/h10-15,18-20,25-26,31,40H,3-9,16-17,21H2,1-2H3,(H,38,42)(H,39,45)(H,43,44)/t25-,26+,31?. The molecule has 1 aliphatic heterocycles. The second-order valence-electron chi connectivity index (χ2n) is 12.3. The number of nitrogens with one attached hydrogen (secondary N) is 2. The summed E-state index contributed by atoms with van der Waals surface area (Å²) in [6.07, 6.45) is 6.52. The van der Waals surface area contributed by atoms with Crippen molar-refractivity contribution < 1.29 is 33.8 Å². The third kappa shape index (κ3) is 7.93. The van der Waals surface area contributed by atoms with Gasteiger partial charge in [-0.1, -0.05) is 45.6 Å². The Bertz CT molecular complexity index is 1770. The summed E-state index contributed by atoms with van der Waals surface area (Å²) in [6.45, 7) is 5.75. The van der Waals surface area contributed by atoms with E-state index in [-0.39, 0.29) is 39.7 Å². The molecule has 3 atom stereocenters. The highest BCUT2D eigenvalue weighted by atomic mass is 16.5. The molecule has 2 aromatic rings. The zero-order chi connectivity index (χ0) is 33.5. The number of carboxylic acid groups (broad SMARTS) is 1. The van der Waals surface area contributed by atoms with Crippen molar-refractivity contribution in [3.05, 3.63) is 75.9 Å². The summed E-state index contributed by atoms with van der Waals surface area (Å²) in [5.74, 6) is 0.437. The van der Waals surface area contributed by atoms with E-state index in [1.165, 1.54) is 43.2 Å². The SMILES string of the molecule is CCC[C@@H]1C(COC(=O)NCCCCCNC(=O)c2ccc(-c3c4ccc(=O)cc-4oc4cc(O)ccc34)c(C(=O)O)c2)[C@@H]1CCC. The van der Waals surface area contributed by atoms with Gasteiger partial charge in [0.25, 0.3) is 5.91 Å². The fraction of sp³-hybridized carbons (Fsp3) is 0.405. The Morgan fingerprint density at radius 2 is 1.53 bits per heavy atom. The Balaban J connectivity index is 1.14. The van der Waals surface area contributed by atoms with Gasteiger partial charge in [-0.25, -0.2) is 9.59 Å². The van der Waals surface area contributed by atoms with Crippen molar-refractivity contribution >= 4 is 28.9 Å². The van der Waals surface area contributed by atoms with Gasteiger partial charge in [-0.15, -0.1) is 0 Å². The highest BCUT2D eigenvalue weighted by molar-refractivity contribution is 6.09. The minimum absolute atomic E-state index is 0.0427. The third-order valence-corrected chi connectivity index (χ3v) is 9.03. The van der Waals surface area contributed by atoms with Gasteiger partial charge in [-0.2, -0.15) is 0 Å². The first-order chi connectivity index (χ1) is 22.7. The number of hydrogen-bond acceptors (Lipinski definition) is 7. The summed E-state index contributed by atoms with van der Waals surface area (Å²) in [4.78, 5) is 49.6. The van der Waals surface area contributed by atoms with Gasteiger partial charge >= 0.3 is 12.1 Å². The maximum atomic E-state index is 13.0. The molecule has 0 spiro atoms. The van der Waals surface area contributed by atoms with Crippen molar-refractivity contribution in [2.45, 2.75) is 58.8 Å². The molecule has 2 amide bonds. The molecule has 1 saturated carbocycles. The molecule has 5 rings (SSSR count). The van der Waals surface area contributed by atoms with Crippen LogP contribution < -0.4 is 16.1 Å². The van der Waals surface area contributed by atoms with E-state index >= 15 is 0 Å². The summed E-state index contributed by atoms with van der Waals surface area (Å²) in [5, 5.41) is 26.4. The van der Waals surface area contributed by atoms with E-state index in [2.05, 4.69) is 24.5 Å². The Morgan fingerprint density at radius 3 is 2.23 bits per heavy atom. The number of hydrogen-bond donors (Lipinski definition) is 4. The van der Waals surface area contributed by atoms with Crippen LogP contribution in [0.3, 0.4) is 0 Å². The molecular weight excluding hydrogens is 600 g/mol. The molecular formula is C37H42N2O8. The molecule has 47 heavy (non-hydrogen) atoms. The van der Waals surface area contributed by atoms with Crippen molar-refractivity contribution in [1.29, 1.82) is 0 Å². The van der Waals surface area contributed by atoms with Gasteiger partial charge in [0.2, 0.25) is 0 Å². The lowest BCUT2D eigenvalue weighted by atomic mass is 9.90. The van der Waals surface area contributed by atoms with Gasteiger partial charge < -0.3 is 30.0 Å². The van der Waals surface area contributed by atoms with Crippen LogP contribution in [0.15, 0.2) is 63.8 Å². The Labute approximate surface area is 273 Å². The van der Waals surface area contributed by atoms with Gasteiger partial charge in [0.15, 0.2) is 5.43 Å². The first kappa shape index (κ1) is 33.5. The van der Waals surface area contributed by atoms with Crippen LogP contribution in [0.4, 0.5) is 4.79 Å². The molecule has 2 aliphatic carbocycles. The number of carboxylic acids is 1. The number of amides is 2. The summed E-state index contributed by atoms with van der Waals surface area (Å²) in [6, 6.07) is 13.2. The van der Waals surface area contributed by atoms with Crippen molar-refractivity contribution in [3.8, 4) is 28.2 Å². The molecule has 10 nitrogen and oxygen atoms in total. The van der Waals surface area contributed by atoms with E-state index in [1.807, 2.05) is 0 Å². The molecule has 1 unspecified atom stereocenters. The molecule has 2 aromatic carbocycles. The van der Waals surface area contributed by atoms with E-state index in [9.17, 15) is 29.4 Å². The van der Waals surface area contributed by atoms with Crippen LogP contribution in [0.25, 0.3) is 33.4 Å². The number of aromatic hydroxyl groups is 1. The normalized spacial score (nSPS) is 17.0. The van der Waals surface area contributed by atoms with Gasteiger partial charge in [0.05, 0.1) is 12.2 Å². The Morgan fingerprint density at radius 1 is 0.830 bits per heavy atom. The lowest BCUT2D eigenvalue weighted by molar-refractivity contribution is 0.0697. The predicted octanol–water partition coefficient (Wildman–Crippen LogP) is 7.06. The number of rotatable bonds is 15. The molecule has 248 valence electrons.